The van der Waals surface area contributed by atoms with Gasteiger partial charge in [0.15, 0.2) is 0 Å². The summed E-state index contributed by atoms with van der Waals surface area (Å²) in [7, 11) is 0. The van der Waals surface area contributed by atoms with Crippen molar-refractivity contribution in [2.24, 2.45) is 0 Å². The Morgan fingerprint density at radius 3 is 2.37 bits per heavy atom. The first-order valence-corrected chi connectivity index (χ1v) is 16.1. The normalized spacial score (nSPS) is 18.0. The van der Waals surface area contributed by atoms with Crippen molar-refractivity contribution in [1.82, 2.24) is 14.8 Å². The van der Waals surface area contributed by atoms with Crippen LogP contribution in [0.4, 0.5) is 26.3 Å². The first kappa shape index (κ1) is 35.7. The highest BCUT2D eigenvalue weighted by atomic mass is 19.4. The molecule has 268 valence electrons. The molecule has 14 heteroatoms. The van der Waals surface area contributed by atoms with Gasteiger partial charge >= 0.3 is 12.1 Å². The topological polar surface area (TPSA) is 101 Å². The van der Waals surface area contributed by atoms with E-state index in [-0.39, 0.29) is 48.7 Å². The third-order valence-corrected chi connectivity index (χ3v) is 9.18. The number of benzene rings is 3. The van der Waals surface area contributed by atoms with Gasteiger partial charge < -0.3 is 15.2 Å². The summed E-state index contributed by atoms with van der Waals surface area (Å²) in [5, 5.41) is 12.3. The van der Waals surface area contributed by atoms with Crippen LogP contribution in [-0.4, -0.2) is 52.3 Å². The Morgan fingerprint density at radius 2 is 1.71 bits per heavy atom. The zero-order chi connectivity index (χ0) is 36.9. The van der Waals surface area contributed by atoms with Crippen LogP contribution in [0.15, 0.2) is 59.5 Å². The lowest BCUT2D eigenvalue weighted by Crippen LogP contribution is -2.49. The Labute approximate surface area is 288 Å². The molecule has 2 aliphatic rings. The van der Waals surface area contributed by atoms with Crippen LogP contribution < -0.4 is 15.6 Å². The van der Waals surface area contributed by atoms with Gasteiger partial charge in [-0.1, -0.05) is 6.07 Å². The minimum atomic E-state index is -4.98. The molecule has 1 amide bonds. The number of aliphatic carboxylic acids is 1. The third kappa shape index (κ3) is 7.23. The highest BCUT2D eigenvalue weighted by molar-refractivity contribution is 5.85. The van der Waals surface area contributed by atoms with Crippen molar-refractivity contribution in [1.29, 1.82) is 0 Å². The fourth-order valence-corrected chi connectivity index (χ4v) is 6.80. The van der Waals surface area contributed by atoms with Crippen molar-refractivity contribution < 1.29 is 45.8 Å². The zero-order valence-corrected chi connectivity index (χ0v) is 27.7. The van der Waals surface area contributed by atoms with Gasteiger partial charge in [-0.15, -0.1) is 0 Å². The highest BCUT2D eigenvalue weighted by Gasteiger charge is 2.38. The van der Waals surface area contributed by atoms with Crippen molar-refractivity contribution in [2.75, 3.05) is 19.6 Å². The molecule has 4 bridgehead atoms. The molecule has 4 aromatic rings. The van der Waals surface area contributed by atoms with E-state index in [2.05, 4.69) is 5.32 Å². The predicted octanol–water partition coefficient (Wildman–Crippen LogP) is 6.96. The number of carboxylic acids is 1. The summed E-state index contributed by atoms with van der Waals surface area (Å²) in [6.45, 7) is 5.11. The maximum atomic E-state index is 15.9. The standard InChI is InChI=1S/C37H33F6N3O5/c1-18-8-19(2)33-22-10-20(3)34(40)26(11-22)29(14-32(48)49)44-36(50)35(25-12-24(4-5-28(25)39)51-30(33)9-18)46-15-21(6-7-45-16-23(38)17-45)27(13-31(46)47)37(41,42)43/h4-5,8-13,15,23,29,35H,6-7,14,16-17H2,1-3H3,(H,44,50)(H,48,49)/t29-,35-/m1/s1. The lowest BCUT2D eigenvalue weighted by molar-refractivity contribution is -0.139. The van der Waals surface area contributed by atoms with E-state index in [1.807, 2.05) is 13.0 Å². The Bertz CT molecular complexity index is 2110. The molecule has 0 unspecified atom stereocenters. The lowest BCUT2D eigenvalue weighted by atomic mass is 9.91. The SMILES string of the molecule is Cc1cc(C)c2c(c1)Oc1ccc(F)c(c1)[C@@H](n1cc(CCN3CC(F)C3)c(C(F)(F)F)cc1=O)C(=O)N[C@H](CC(=O)O)c1cc-2cc(C)c1F. The number of aryl methyl sites for hydroxylation is 3. The molecular weight excluding hydrogens is 680 g/mol. The smallest absolute Gasteiger partial charge is 0.416 e. The molecule has 1 fully saturated rings. The lowest BCUT2D eigenvalue weighted by Gasteiger charge is -2.34. The maximum Gasteiger partial charge on any atom is 0.416 e. The van der Waals surface area contributed by atoms with E-state index in [1.165, 1.54) is 19.1 Å². The molecule has 1 aromatic heterocycles. The van der Waals surface area contributed by atoms with Gasteiger partial charge in [-0.2, -0.15) is 13.2 Å². The van der Waals surface area contributed by atoms with Gasteiger partial charge in [0, 0.05) is 48.6 Å². The summed E-state index contributed by atoms with van der Waals surface area (Å²) >= 11 is 0. The van der Waals surface area contributed by atoms with Crippen LogP contribution in [-0.2, 0) is 22.2 Å². The number of carbonyl (C=O) groups is 2. The molecule has 0 radical (unpaired) electrons. The quantitative estimate of drug-likeness (QED) is 0.210. The summed E-state index contributed by atoms with van der Waals surface area (Å²) in [6, 6.07) is 6.57. The number of hydrogen-bond acceptors (Lipinski definition) is 5. The summed E-state index contributed by atoms with van der Waals surface area (Å²) < 4.78 is 94.7. The number of alkyl halides is 4. The fraction of sp³-hybridized carbons (Fsp3) is 0.324. The van der Waals surface area contributed by atoms with Crippen LogP contribution in [0.5, 0.6) is 11.5 Å². The number of likely N-dealkylation sites (tertiary alicyclic amines) is 1. The van der Waals surface area contributed by atoms with Crippen LogP contribution in [0, 0.1) is 32.4 Å². The number of carbonyl (C=O) groups excluding carboxylic acids is 1. The first-order chi connectivity index (χ1) is 24.0. The second-order valence-electron chi connectivity index (χ2n) is 13.1. The van der Waals surface area contributed by atoms with Gasteiger partial charge in [0.2, 0.25) is 5.91 Å². The number of rotatable bonds is 6. The minimum Gasteiger partial charge on any atom is -0.481 e. The largest absolute Gasteiger partial charge is 0.481 e. The number of halogens is 6. The third-order valence-electron chi connectivity index (χ3n) is 9.18. The van der Waals surface area contributed by atoms with E-state index in [0.29, 0.717) is 27.3 Å². The van der Waals surface area contributed by atoms with Gasteiger partial charge in [-0.3, -0.25) is 23.9 Å². The summed E-state index contributed by atoms with van der Waals surface area (Å²) in [5.41, 5.74) is -1.17. The number of ether oxygens (including phenoxy) is 1. The molecule has 0 spiro atoms. The molecule has 8 nitrogen and oxygen atoms in total. The highest BCUT2D eigenvalue weighted by Crippen LogP contribution is 2.41. The van der Waals surface area contributed by atoms with Gasteiger partial charge in [-0.05, 0) is 91.4 Å². The molecule has 1 saturated heterocycles. The predicted molar refractivity (Wildman–Crippen MR) is 175 cm³/mol. The Hall–Kier alpha value is -5.11. The van der Waals surface area contributed by atoms with E-state index in [1.54, 1.807) is 24.0 Å². The monoisotopic (exact) mass is 713 g/mol. The molecule has 51 heavy (non-hydrogen) atoms. The number of nitrogens with zero attached hydrogens (tertiary/aromatic N) is 2. The maximum absolute atomic E-state index is 15.9. The molecule has 3 heterocycles. The Kier molecular flexibility index (Phi) is 9.49. The second kappa shape index (κ2) is 13.5. The van der Waals surface area contributed by atoms with E-state index in [4.69, 9.17) is 4.74 Å². The fourth-order valence-electron chi connectivity index (χ4n) is 6.80. The van der Waals surface area contributed by atoms with Gasteiger partial charge in [0.05, 0.1) is 18.0 Å². The van der Waals surface area contributed by atoms with Gasteiger partial charge in [-0.25, -0.2) is 13.2 Å². The number of pyridine rings is 1. The zero-order valence-electron chi connectivity index (χ0n) is 27.7. The first-order valence-electron chi connectivity index (χ1n) is 16.1. The van der Waals surface area contributed by atoms with E-state index in [0.717, 1.165) is 23.9 Å². The summed E-state index contributed by atoms with van der Waals surface area (Å²) in [6.07, 6.45) is -6.41. The van der Waals surface area contributed by atoms with Crippen LogP contribution in [0.1, 0.15) is 57.4 Å². The molecule has 2 atom stereocenters. The average molecular weight is 714 g/mol. The minimum absolute atomic E-state index is 0.00412. The number of hydrogen-bond donors (Lipinski definition) is 2. The van der Waals surface area contributed by atoms with E-state index in [9.17, 15) is 37.1 Å². The molecule has 0 saturated carbocycles. The van der Waals surface area contributed by atoms with Gasteiger partial charge in [0.1, 0.15) is 35.3 Å². The number of carboxylic acid groups (broad SMARTS) is 1. The Balaban J connectivity index is 1.59. The van der Waals surface area contributed by atoms with Crippen LogP contribution in [0.25, 0.3) is 11.1 Å². The molecule has 3 aromatic carbocycles. The number of aromatic nitrogens is 1. The Morgan fingerprint density at radius 1 is 0.980 bits per heavy atom. The van der Waals surface area contributed by atoms with E-state index >= 15 is 8.78 Å². The van der Waals surface area contributed by atoms with Gasteiger partial charge in [0.25, 0.3) is 5.56 Å². The van der Waals surface area contributed by atoms with Crippen molar-refractivity contribution in [2.45, 2.75) is 58.0 Å². The van der Waals surface area contributed by atoms with Crippen molar-refractivity contribution in [3.8, 4) is 22.6 Å². The summed E-state index contributed by atoms with van der Waals surface area (Å²) in [4.78, 5) is 41.5. The molecule has 6 rings (SSSR count). The van der Waals surface area contributed by atoms with Crippen LogP contribution in [0.3, 0.4) is 0 Å². The number of fused-ring (bicyclic) bond motifs is 6. The number of nitrogens with one attached hydrogen (secondary N) is 1. The molecule has 0 aliphatic carbocycles. The molecular formula is C37H33F6N3O5. The van der Waals surface area contributed by atoms with E-state index < -0.39 is 76.6 Å². The molecule has 2 N–H and O–H groups in total. The second-order valence-corrected chi connectivity index (χ2v) is 13.1. The summed E-state index contributed by atoms with van der Waals surface area (Å²) in [5.74, 6) is -4.20. The van der Waals surface area contributed by atoms with Crippen molar-refractivity contribution >= 4 is 11.9 Å². The molecule has 2 aliphatic heterocycles. The van der Waals surface area contributed by atoms with Crippen molar-refractivity contribution in [3.63, 3.8) is 0 Å². The average Bonchev–Trinajstić information content (AvgIpc) is 3.01. The number of amides is 1. The van der Waals surface area contributed by atoms with Crippen molar-refractivity contribution in [3.05, 3.63) is 116 Å². The van der Waals surface area contributed by atoms with Crippen LogP contribution in [0.2, 0.25) is 0 Å². The van der Waals surface area contributed by atoms with Crippen LogP contribution >= 0.6 is 0 Å².